The molecule has 1 aliphatic heterocycles. The average Bonchev–Trinajstić information content (AvgIpc) is 3.02. The first kappa shape index (κ1) is 12.1. The molecule has 18 heavy (non-hydrogen) atoms. The van der Waals surface area contributed by atoms with Crippen LogP contribution < -0.4 is 0 Å². The summed E-state index contributed by atoms with van der Waals surface area (Å²) in [5.74, 6) is 0.629. The molecule has 2 aromatic heterocycles. The highest BCUT2D eigenvalue weighted by Crippen LogP contribution is 2.31. The molecule has 1 fully saturated rings. The molecule has 96 valence electrons. The number of likely N-dealkylation sites (tertiary alicyclic amines) is 1. The normalized spacial score (nSPS) is 19.8. The maximum Gasteiger partial charge on any atom is 0.264 e. The predicted molar refractivity (Wildman–Crippen MR) is 75.4 cm³/mol. The quantitative estimate of drug-likeness (QED) is 0.940. The van der Waals surface area contributed by atoms with Gasteiger partial charge in [0, 0.05) is 29.1 Å². The van der Waals surface area contributed by atoms with Crippen LogP contribution in [0.5, 0.6) is 0 Å². The Morgan fingerprint density at radius 1 is 1.50 bits per heavy atom. The van der Waals surface area contributed by atoms with Crippen molar-refractivity contribution in [1.29, 1.82) is 0 Å². The van der Waals surface area contributed by atoms with E-state index in [0.29, 0.717) is 5.92 Å². The summed E-state index contributed by atoms with van der Waals surface area (Å²) in [6.07, 6.45) is 1.83. The molecule has 1 amide bonds. The lowest BCUT2D eigenvalue weighted by Gasteiger charge is -2.15. The summed E-state index contributed by atoms with van der Waals surface area (Å²) < 4.78 is 2.41. The summed E-state index contributed by atoms with van der Waals surface area (Å²) in [4.78, 5) is 15.1. The van der Waals surface area contributed by atoms with Crippen molar-refractivity contribution in [3.63, 3.8) is 0 Å². The molecule has 1 atom stereocenters. The van der Waals surface area contributed by atoms with Gasteiger partial charge in [0.15, 0.2) is 0 Å². The number of nitrogens with zero attached hydrogens (tertiary/aromatic N) is 1. The van der Waals surface area contributed by atoms with Crippen LogP contribution in [0.25, 0.3) is 9.40 Å². The van der Waals surface area contributed by atoms with E-state index in [2.05, 4.69) is 11.4 Å². The van der Waals surface area contributed by atoms with Crippen molar-refractivity contribution in [3.05, 3.63) is 22.4 Å². The minimum Gasteiger partial charge on any atom is -0.396 e. The Labute approximate surface area is 114 Å². The van der Waals surface area contributed by atoms with Gasteiger partial charge in [-0.1, -0.05) is 0 Å². The van der Waals surface area contributed by atoms with Gasteiger partial charge in [-0.2, -0.15) is 0 Å². The molecule has 5 heteroatoms. The zero-order chi connectivity index (χ0) is 12.5. The van der Waals surface area contributed by atoms with Crippen molar-refractivity contribution in [1.82, 2.24) is 4.90 Å². The molecule has 0 aromatic carbocycles. The first-order chi connectivity index (χ1) is 8.78. The van der Waals surface area contributed by atoms with Gasteiger partial charge in [-0.3, -0.25) is 4.79 Å². The van der Waals surface area contributed by atoms with E-state index in [1.807, 2.05) is 11.0 Å². The van der Waals surface area contributed by atoms with Crippen LogP contribution in [0.1, 0.15) is 22.5 Å². The Bertz CT molecular complexity index is 532. The lowest BCUT2D eigenvalue weighted by atomic mass is 10.1. The van der Waals surface area contributed by atoms with Gasteiger partial charge in [-0.15, -0.1) is 22.7 Å². The van der Waals surface area contributed by atoms with Crippen molar-refractivity contribution < 1.29 is 9.90 Å². The number of thiophene rings is 2. The zero-order valence-electron chi connectivity index (χ0n) is 9.96. The summed E-state index contributed by atoms with van der Waals surface area (Å²) in [6.45, 7) is 1.85. The van der Waals surface area contributed by atoms with Gasteiger partial charge >= 0.3 is 0 Å². The molecular weight excluding hydrogens is 266 g/mol. The molecule has 1 saturated heterocycles. The molecule has 0 bridgehead atoms. The number of aliphatic hydroxyl groups excluding tert-OH is 1. The fourth-order valence-corrected chi connectivity index (χ4v) is 4.54. The molecule has 1 N–H and O–H groups in total. The van der Waals surface area contributed by atoms with Gasteiger partial charge in [-0.05, 0) is 36.3 Å². The second kappa shape index (κ2) is 4.99. The SMILES string of the molecule is O=C(c1cc2sccc2s1)N1CCC(CCO)C1. The highest BCUT2D eigenvalue weighted by atomic mass is 32.1. The summed E-state index contributed by atoms with van der Waals surface area (Å²) in [5, 5.41) is 11.0. The fourth-order valence-electron chi connectivity index (χ4n) is 2.46. The number of carbonyl (C=O) groups is 1. The van der Waals surface area contributed by atoms with Crippen LogP contribution in [0.3, 0.4) is 0 Å². The van der Waals surface area contributed by atoms with Gasteiger partial charge < -0.3 is 10.0 Å². The molecule has 0 saturated carbocycles. The van der Waals surface area contributed by atoms with E-state index in [1.165, 1.54) is 9.40 Å². The number of carbonyl (C=O) groups excluding carboxylic acids is 1. The molecule has 0 spiro atoms. The van der Waals surface area contributed by atoms with Crippen LogP contribution in [0, 0.1) is 5.92 Å². The van der Waals surface area contributed by atoms with E-state index in [9.17, 15) is 4.79 Å². The molecule has 3 rings (SSSR count). The minimum atomic E-state index is 0.156. The monoisotopic (exact) mass is 281 g/mol. The third kappa shape index (κ3) is 2.18. The van der Waals surface area contributed by atoms with E-state index in [-0.39, 0.29) is 12.5 Å². The standard InChI is InChI=1S/C13H15NO2S2/c15-5-2-9-1-4-14(8-9)13(16)12-7-11-10(18-12)3-6-17-11/h3,6-7,9,15H,1-2,4-5,8H2. The van der Waals surface area contributed by atoms with Crippen molar-refractivity contribution in [3.8, 4) is 0 Å². The van der Waals surface area contributed by atoms with E-state index >= 15 is 0 Å². The number of fused-ring (bicyclic) bond motifs is 1. The van der Waals surface area contributed by atoms with Crippen molar-refractivity contribution in [2.24, 2.45) is 5.92 Å². The van der Waals surface area contributed by atoms with Crippen LogP contribution in [0.15, 0.2) is 17.5 Å². The molecule has 2 aromatic rings. The molecule has 3 nitrogen and oxygen atoms in total. The third-order valence-electron chi connectivity index (χ3n) is 3.46. The van der Waals surface area contributed by atoms with Crippen LogP contribution in [0.2, 0.25) is 0 Å². The first-order valence-corrected chi connectivity index (χ1v) is 7.84. The zero-order valence-corrected chi connectivity index (χ0v) is 11.6. The number of aliphatic hydroxyl groups is 1. The largest absolute Gasteiger partial charge is 0.396 e. The molecule has 1 aliphatic rings. The molecule has 0 aliphatic carbocycles. The second-order valence-corrected chi connectivity index (χ2v) is 6.71. The van der Waals surface area contributed by atoms with Crippen LogP contribution in [0.4, 0.5) is 0 Å². The van der Waals surface area contributed by atoms with Gasteiger partial charge in [-0.25, -0.2) is 0 Å². The number of hydrogen-bond donors (Lipinski definition) is 1. The topological polar surface area (TPSA) is 40.5 Å². The highest BCUT2D eigenvalue weighted by Gasteiger charge is 2.27. The fraction of sp³-hybridized carbons (Fsp3) is 0.462. The summed E-state index contributed by atoms with van der Waals surface area (Å²) >= 11 is 3.27. The summed E-state index contributed by atoms with van der Waals surface area (Å²) in [7, 11) is 0. The van der Waals surface area contributed by atoms with Gasteiger partial charge in [0.1, 0.15) is 0 Å². The molecule has 3 heterocycles. The molecule has 1 unspecified atom stereocenters. The molecular formula is C13H15NO2S2. The lowest BCUT2D eigenvalue weighted by Crippen LogP contribution is -2.28. The average molecular weight is 281 g/mol. The summed E-state index contributed by atoms with van der Waals surface area (Å²) in [5.41, 5.74) is 0. The van der Waals surface area contributed by atoms with E-state index in [4.69, 9.17) is 5.11 Å². The Balaban J connectivity index is 1.73. The second-order valence-electron chi connectivity index (χ2n) is 4.68. The first-order valence-electron chi connectivity index (χ1n) is 6.15. The number of hydrogen-bond acceptors (Lipinski definition) is 4. The Morgan fingerprint density at radius 2 is 2.39 bits per heavy atom. The smallest absolute Gasteiger partial charge is 0.264 e. The van der Waals surface area contributed by atoms with Crippen molar-refractivity contribution in [2.75, 3.05) is 19.7 Å². The maximum atomic E-state index is 12.3. The Morgan fingerprint density at radius 3 is 3.17 bits per heavy atom. The van der Waals surface area contributed by atoms with Gasteiger partial charge in [0.2, 0.25) is 0 Å². The van der Waals surface area contributed by atoms with E-state index in [0.717, 1.165) is 30.8 Å². The van der Waals surface area contributed by atoms with Crippen molar-refractivity contribution >= 4 is 38.0 Å². The van der Waals surface area contributed by atoms with E-state index in [1.54, 1.807) is 22.7 Å². The predicted octanol–water partition coefficient (Wildman–Crippen LogP) is 2.81. The Kier molecular flexibility index (Phi) is 3.37. The van der Waals surface area contributed by atoms with Crippen molar-refractivity contribution in [2.45, 2.75) is 12.8 Å². The number of amides is 1. The van der Waals surface area contributed by atoms with E-state index < -0.39 is 0 Å². The van der Waals surface area contributed by atoms with Gasteiger partial charge in [0.05, 0.1) is 4.88 Å². The van der Waals surface area contributed by atoms with Crippen LogP contribution in [-0.4, -0.2) is 35.6 Å². The maximum absolute atomic E-state index is 12.3. The lowest BCUT2D eigenvalue weighted by molar-refractivity contribution is 0.0789. The minimum absolute atomic E-state index is 0.156. The molecule has 0 radical (unpaired) electrons. The van der Waals surface area contributed by atoms with Gasteiger partial charge in [0.25, 0.3) is 5.91 Å². The number of rotatable bonds is 3. The third-order valence-corrected chi connectivity index (χ3v) is 5.54. The van der Waals surface area contributed by atoms with Crippen LogP contribution >= 0.6 is 22.7 Å². The summed E-state index contributed by atoms with van der Waals surface area (Å²) in [6, 6.07) is 4.08. The Hall–Kier alpha value is -0.910. The van der Waals surface area contributed by atoms with Crippen LogP contribution in [-0.2, 0) is 0 Å². The highest BCUT2D eigenvalue weighted by molar-refractivity contribution is 7.27.